The Morgan fingerprint density at radius 2 is 2.14 bits per heavy atom. The van der Waals surface area contributed by atoms with E-state index in [4.69, 9.17) is 11.6 Å². The van der Waals surface area contributed by atoms with Crippen LogP contribution in [0.5, 0.6) is 0 Å². The molecule has 0 saturated heterocycles. The Kier molecular flexibility index (Phi) is 7.10. The Hall–Kier alpha value is -1.15. The van der Waals surface area contributed by atoms with E-state index in [1.165, 1.54) is 12.3 Å². The van der Waals surface area contributed by atoms with E-state index in [1.54, 1.807) is 0 Å². The molecular formula is C12H15ClF3N3OS. The average Bonchev–Trinajstić information content (AvgIpc) is 2.41. The van der Waals surface area contributed by atoms with Crippen molar-refractivity contribution in [2.45, 2.75) is 18.9 Å². The number of nitrogens with zero attached hydrogens (tertiary/aromatic N) is 1. The van der Waals surface area contributed by atoms with Crippen LogP contribution in [0.2, 0.25) is 5.02 Å². The first-order valence-corrected chi connectivity index (χ1v) is 7.58. The van der Waals surface area contributed by atoms with Gasteiger partial charge in [0.1, 0.15) is 5.82 Å². The summed E-state index contributed by atoms with van der Waals surface area (Å²) in [5, 5.41) is 5.55. The van der Waals surface area contributed by atoms with Gasteiger partial charge in [-0.25, -0.2) is 4.98 Å². The predicted molar refractivity (Wildman–Crippen MR) is 78.9 cm³/mol. The van der Waals surface area contributed by atoms with Gasteiger partial charge in [0.15, 0.2) is 0 Å². The second-order valence-corrected chi connectivity index (χ2v) is 5.59. The molecule has 0 saturated carbocycles. The minimum absolute atomic E-state index is 0.0978. The molecule has 1 rings (SSSR count). The fourth-order valence-corrected chi connectivity index (χ4v) is 2.01. The van der Waals surface area contributed by atoms with Crippen LogP contribution in [0.1, 0.15) is 23.7 Å². The van der Waals surface area contributed by atoms with Gasteiger partial charge in [-0.3, -0.25) is 4.79 Å². The zero-order chi connectivity index (χ0) is 15.9. The fraction of sp³-hybridized carbons (Fsp3) is 0.500. The third-order valence-corrected chi connectivity index (χ3v) is 3.35. The topological polar surface area (TPSA) is 54.0 Å². The van der Waals surface area contributed by atoms with E-state index in [-0.39, 0.29) is 34.6 Å². The molecule has 2 N–H and O–H groups in total. The minimum atomic E-state index is -4.30. The van der Waals surface area contributed by atoms with Crippen LogP contribution in [0.3, 0.4) is 0 Å². The summed E-state index contributed by atoms with van der Waals surface area (Å²) in [6.07, 6.45) is 2.22. The number of thioether (sulfide) groups is 1. The highest BCUT2D eigenvalue weighted by molar-refractivity contribution is 8.00. The molecule has 0 fully saturated rings. The van der Waals surface area contributed by atoms with Crippen molar-refractivity contribution < 1.29 is 18.0 Å². The zero-order valence-electron chi connectivity index (χ0n) is 11.3. The van der Waals surface area contributed by atoms with Gasteiger partial charge in [-0.2, -0.15) is 13.2 Å². The largest absolute Gasteiger partial charge is 0.441 e. The summed E-state index contributed by atoms with van der Waals surface area (Å²) in [4.78, 5) is 15.9. The first-order valence-electron chi connectivity index (χ1n) is 6.21. The quantitative estimate of drug-likeness (QED) is 0.745. The molecule has 1 amide bonds. The third kappa shape index (κ3) is 6.90. The minimum Gasteiger partial charge on any atom is -0.370 e. The maximum Gasteiger partial charge on any atom is 0.441 e. The molecule has 0 bridgehead atoms. The lowest BCUT2D eigenvalue weighted by Crippen LogP contribution is -2.27. The summed E-state index contributed by atoms with van der Waals surface area (Å²) in [5.74, 6) is -0.278. The molecule has 0 aromatic carbocycles. The first-order chi connectivity index (χ1) is 9.83. The van der Waals surface area contributed by atoms with Crippen molar-refractivity contribution >= 4 is 35.1 Å². The molecule has 1 aromatic rings. The standard InChI is InChI=1S/C12H15ClF3N3OS/c1-2-3-17-10-6-8(9(13)7-19-10)11(20)18-4-5-21-12(14,15)16/h6-7H,2-5H2,1H3,(H,17,19)(H,18,20). The van der Waals surface area contributed by atoms with Gasteiger partial charge in [0.25, 0.3) is 5.91 Å². The fourth-order valence-electron chi connectivity index (χ4n) is 1.39. The molecule has 4 nitrogen and oxygen atoms in total. The van der Waals surface area contributed by atoms with Crippen LogP contribution in [0.15, 0.2) is 12.3 Å². The van der Waals surface area contributed by atoms with E-state index < -0.39 is 11.4 Å². The molecule has 9 heteroatoms. The molecular weight excluding hydrogens is 327 g/mol. The highest BCUT2D eigenvalue weighted by Crippen LogP contribution is 2.29. The number of rotatable bonds is 7. The Bertz CT molecular complexity index is 485. The maximum atomic E-state index is 12.0. The van der Waals surface area contributed by atoms with Crippen molar-refractivity contribution in [3.63, 3.8) is 0 Å². The summed E-state index contributed by atoms with van der Waals surface area (Å²) >= 11 is 5.69. The first kappa shape index (κ1) is 17.9. The number of carbonyl (C=O) groups excluding carboxylic acids is 1. The molecule has 0 aliphatic heterocycles. The number of alkyl halides is 3. The van der Waals surface area contributed by atoms with E-state index in [2.05, 4.69) is 15.6 Å². The van der Waals surface area contributed by atoms with Crippen molar-refractivity contribution in [2.75, 3.05) is 24.2 Å². The van der Waals surface area contributed by atoms with E-state index in [0.717, 1.165) is 6.42 Å². The normalized spacial score (nSPS) is 11.3. The van der Waals surface area contributed by atoms with E-state index in [1.807, 2.05) is 6.92 Å². The molecule has 0 aliphatic carbocycles. The summed E-state index contributed by atoms with van der Waals surface area (Å²) in [7, 11) is 0. The molecule has 0 radical (unpaired) electrons. The molecule has 0 aliphatic rings. The highest BCUT2D eigenvalue weighted by atomic mass is 35.5. The predicted octanol–water partition coefficient (Wildman–Crippen LogP) is 3.54. The number of amides is 1. The number of anilines is 1. The van der Waals surface area contributed by atoms with Gasteiger partial charge in [0, 0.05) is 25.0 Å². The average molecular weight is 342 g/mol. The van der Waals surface area contributed by atoms with Crippen LogP contribution in [0, 0.1) is 0 Å². The monoisotopic (exact) mass is 341 g/mol. The van der Waals surface area contributed by atoms with E-state index in [0.29, 0.717) is 12.4 Å². The SMILES string of the molecule is CCCNc1cc(C(=O)NCCSC(F)(F)F)c(Cl)cn1. The van der Waals surface area contributed by atoms with Crippen LogP contribution in [-0.2, 0) is 0 Å². The van der Waals surface area contributed by atoms with Gasteiger partial charge in [-0.1, -0.05) is 18.5 Å². The number of aromatic nitrogens is 1. The third-order valence-electron chi connectivity index (χ3n) is 2.31. The van der Waals surface area contributed by atoms with Crippen molar-refractivity contribution in [1.29, 1.82) is 0 Å². The van der Waals surface area contributed by atoms with Gasteiger partial charge in [0.05, 0.1) is 10.6 Å². The van der Waals surface area contributed by atoms with Crippen LogP contribution >= 0.6 is 23.4 Å². The number of hydrogen-bond donors (Lipinski definition) is 2. The van der Waals surface area contributed by atoms with Gasteiger partial charge in [0.2, 0.25) is 0 Å². The second-order valence-electron chi connectivity index (χ2n) is 4.03. The van der Waals surface area contributed by atoms with Gasteiger partial charge in [-0.05, 0) is 24.2 Å². The molecule has 0 unspecified atom stereocenters. The van der Waals surface area contributed by atoms with Gasteiger partial charge in [-0.15, -0.1) is 0 Å². The highest BCUT2D eigenvalue weighted by Gasteiger charge is 2.27. The van der Waals surface area contributed by atoms with Crippen LogP contribution in [0.25, 0.3) is 0 Å². The number of nitrogens with one attached hydrogen (secondary N) is 2. The van der Waals surface area contributed by atoms with Crippen molar-refractivity contribution in [3.05, 3.63) is 22.8 Å². The van der Waals surface area contributed by atoms with Crippen LogP contribution < -0.4 is 10.6 Å². The molecule has 1 aromatic heterocycles. The summed E-state index contributed by atoms with van der Waals surface area (Å²) in [6, 6.07) is 1.48. The maximum absolute atomic E-state index is 12.0. The molecule has 0 spiro atoms. The smallest absolute Gasteiger partial charge is 0.370 e. The number of halogens is 4. The lowest BCUT2D eigenvalue weighted by atomic mass is 10.2. The Morgan fingerprint density at radius 3 is 2.76 bits per heavy atom. The van der Waals surface area contributed by atoms with Crippen molar-refractivity contribution in [2.24, 2.45) is 0 Å². The van der Waals surface area contributed by atoms with Crippen molar-refractivity contribution in [1.82, 2.24) is 10.3 Å². The van der Waals surface area contributed by atoms with Crippen molar-refractivity contribution in [3.8, 4) is 0 Å². The summed E-state index contributed by atoms with van der Waals surface area (Å²) < 4.78 is 35.9. The Morgan fingerprint density at radius 1 is 1.43 bits per heavy atom. The lowest BCUT2D eigenvalue weighted by Gasteiger charge is -2.10. The molecule has 1 heterocycles. The Labute approximate surface area is 129 Å². The van der Waals surface area contributed by atoms with E-state index >= 15 is 0 Å². The van der Waals surface area contributed by atoms with Crippen LogP contribution in [0.4, 0.5) is 19.0 Å². The molecule has 118 valence electrons. The van der Waals surface area contributed by atoms with Crippen LogP contribution in [-0.4, -0.2) is 35.2 Å². The molecule has 0 atom stereocenters. The zero-order valence-corrected chi connectivity index (χ0v) is 12.8. The van der Waals surface area contributed by atoms with Gasteiger partial charge < -0.3 is 10.6 Å². The summed E-state index contributed by atoms with van der Waals surface area (Å²) in [6.45, 7) is 2.58. The van der Waals surface area contributed by atoms with Gasteiger partial charge >= 0.3 is 5.51 Å². The summed E-state index contributed by atoms with van der Waals surface area (Å²) in [5.41, 5.74) is -4.11. The Balaban J connectivity index is 2.56. The number of pyridine rings is 1. The number of carbonyl (C=O) groups is 1. The second kappa shape index (κ2) is 8.33. The van der Waals surface area contributed by atoms with E-state index in [9.17, 15) is 18.0 Å². The number of hydrogen-bond acceptors (Lipinski definition) is 4. The lowest BCUT2D eigenvalue weighted by molar-refractivity contribution is -0.0327. The molecule has 21 heavy (non-hydrogen) atoms.